The number of hydrogen-bond donors (Lipinski definition) is 1. The first-order valence-electron chi connectivity index (χ1n) is 15.7. The lowest BCUT2D eigenvalue weighted by Crippen LogP contribution is -2.22. The van der Waals surface area contributed by atoms with Crippen LogP contribution in [-0.2, 0) is 15.0 Å². The van der Waals surface area contributed by atoms with E-state index in [0.29, 0.717) is 0 Å². The fourth-order valence-electron chi connectivity index (χ4n) is 4.27. The van der Waals surface area contributed by atoms with E-state index in [1.807, 2.05) is 39.0 Å². The van der Waals surface area contributed by atoms with Gasteiger partial charge in [0.1, 0.15) is 5.78 Å². The molecule has 42 heavy (non-hydrogen) atoms. The Kier molecular flexibility index (Phi) is 22.8. The Morgan fingerprint density at radius 3 is 1.79 bits per heavy atom. The molecular weight excluding hydrogens is 514 g/mol. The van der Waals surface area contributed by atoms with E-state index in [1.165, 1.54) is 41.5 Å². The number of ketones is 1. The molecule has 2 aromatic carbocycles. The van der Waals surface area contributed by atoms with Crippen LogP contribution in [0, 0.1) is 31.6 Å². The summed E-state index contributed by atoms with van der Waals surface area (Å²) >= 11 is 0. The molecule has 0 spiro atoms. The number of allylic oxidation sites excluding steroid dienone is 5. The van der Waals surface area contributed by atoms with Crippen LogP contribution in [0.5, 0.6) is 0 Å². The summed E-state index contributed by atoms with van der Waals surface area (Å²) in [4.78, 5) is 20.2. The predicted octanol–water partition coefficient (Wildman–Crippen LogP) is 10.5. The second-order valence-electron chi connectivity index (χ2n) is 11.3. The third-order valence-corrected chi connectivity index (χ3v) is 7.82. The number of nitrogens with two attached hydrogens (primary N) is 1. The second-order valence-corrected chi connectivity index (χ2v) is 11.3. The van der Waals surface area contributed by atoms with Crippen LogP contribution in [0.15, 0.2) is 90.6 Å². The molecule has 2 aromatic rings. The SMILES string of the molecule is C=C(C1=CCC(C)(c2ccc(C)cc2)C=C1)C(C)C(C)C(C)=O.CC.CCCC(C)CC.Cc1ccccc1.NC=O. The van der Waals surface area contributed by atoms with Crippen molar-refractivity contribution in [3.05, 3.63) is 107 Å². The minimum atomic E-state index is 0.0159. The van der Waals surface area contributed by atoms with Crippen molar-refractivity contribution in [2.75, 3.05) is 0 Å². The van der Waals surface area contributed by atoms with Gasteiger partial charge < -0.3 is 5.73 Å². The Balaban J connectivity index is 0. The van der Waals surface area contributed by atoms with Crippen LogP contribution in [0.2, 0.25) is 0 Å². The smallest absolute Gasteiger partial charge is 0.204 e. The monoisotopic (exact) mass is 575 g/mol. The largest absolute Gasteiger partial charge is 0.372 e. The van der Waals surface area contributed by atoms with E-state index in [1.54, 1.807) is 6.92 Å². The summed E-state index contributed by atoms with van der Waals surface area (Å²) in [5.41, 5.74) is 10.4. The van der Waals surface area contributed by atoms with Crippen molar-refractivity contribution in [2.24, 2.45) is 23.5 Å². The molecule has 0 bridgehead atoms. The van der Waals surface area contributed by atoms with E-state index in [2.05, 4.69) is 115 Å². The Morgan fingerprint density at radius 2 is 1.45 bits per heavy atom. The van der Waals surface area contributed by atoms with Gasteiger partial charge in [0, 0.05) is 11.3 Å². The molecule has 1 aliphatic rings. The van der Waals surface area contributed by atoms with Gasteiger partial charge in [-0.25, -0.2) is 0 Å². The fraction of sp³-hybridized carbons (Fsp3) is 0.487. The van der Waals surface area contributed by atoms with Crippen LogP contribution in [0.4, 0.5) is 0 Å². The van der Waals surface area contributed by atoms with Crippen molar-refractivity contribution in [3.8, 4) is 0 Å². The lowest BCUT2D eigenvalue weighted by molar-refractivity contribution is -0.121. The van der Waals surface area contributed by atoms with E-state index in [-0.39, 0.29) is 29.4 Å². The highest BCUT2D eigenvalue weighted by atomic mass is 16.1. The normalized spacial score (nSPS) is 16.9. The van der Waals surface area contributed by atoms with E-state index in [4.69, 9.17) is 4.79 Å². The number of carbonyl (C=O) groups excluding carboxylic acids is 2. The van der Waals surface area contributed by atoms with E-state index in [9.17, 15) is 4.79 Å². The first-order valence-corrected chi connectivity index (χ1v) is 15.7. The molecule has 0 saturated carbocycles. The molecule has 0 heterocycles. The molecule has 2 N–H and O–H groups in total. The highest BCUT2D eigenvalue weighted by molar-refractivity contribution is 5.78. The molecule has 1 aliphatic carbocycles. The summed E-state index contributed by atoms with van der Waals surface area (Å²) in [6, 6.07) is 19.0. The maximum absolute atomic E-state index is 11.6. The van der Waals surface area contributed by atoms with Gasteiger partial charge in [-0.1, -0.05) is 165 Å². The lowest BCUT2D eigenvalue weighted by atomic mass is 9.73. The van der Waals surface area contributed by atoms with E-state index in [0.717, 1.165) is 17.9 Å². The van der Waals surface area contributed by atoms with Crippen molar-refractivity contribution in [1.82, 2.24) is 0 Å². The number of primary amides is 1. The number of Topliss-reactive ketones (excluding diaryl/α,β-unsaturated/α-hetero) is 1. The first-order chi connectivity index (χ1) is 19.9. The number of amides is 1. The molecule has 234 valence electrons. The average molecular weight is 576 g/mol. The topological polar surface area (TPSA) is 60.2 Å². The van der Waals surface area contributed by atoms with Gasteiger partial charge in [0.2, 0.25) is 6.41 Å². The minimum Gasteiger partial charge on any atom is -0.372 e. The summed E-state index contributed by atoms with van der Waals surface area (Å²) in [6.45, 7) is 27.3. The van der Waals surface area contributed by atoms with E-state index < -0.39 is 0 Å². The number of rotatable bonds is 8. The molecule has 0 aliphatic heterocycles. The highest BCUT2D eigenvalue weighted by Gasteiger charge is 2.27. The molecule has 3 rings (SSSR count). The van der Waals surface area contributed by atoms with Gasteiger partial charge in [-0.2, -0.15) is 0 Å². The van der Waals surface area contributed by atoms with Crippen LogP contribution < -0.4 is 5.73 Å². The standard InChI is InChI=1S/C22H28O.C7H8.C7H16.C2H6.CH3NO/c1-15-7-9-21(10-8-15)22(6)13-11-20(12-14-22)18(4)16(2)17(3)19(5)23;1-7-5-3-2-4-6-7;1-4-6-7(3)5-2;1-2;2-1-3/h7-13,16-17H,4,14H2,1-3,5-6H3;2-6H,1H3;7H,4-6H2,1-3H3;1-2H3;1H,(H2,2,3). The summed E-state index contributed by atoms with van der Waals surface area (Å²) in [5, 5.41) is 0. The molecule has 3 nitrogen and oxygen atoms in total. The van der Waals surface area contributed by atoms with Crippen LogP contribution in [0.25, 0.3) is 0 Å². The van der Waals surface area contributed by atoms with Crippen LogP contribution in [0.1, 0.15) is 105 Å². The van der Waals surface area contributed by atoms with Gasteiger partial charge in [-0.3, -0.25) is 9.59 Å². The molecule has 4 atom stereocenters. The lowest BCUT2D eigenvalue weighted by Gasteiger charge is -2.30. The average Bonchev–Trinajstić information content (AvgIpc) is 2.99. The van der Waals surface area contributed by atoms with Gasteiger partial charge in [-0.15, -0.1) is 0 Å². The summed E-state index contributed by atoms with van der Waals surface area (Å²) in [7, 11) is 0. The summed E-state index contributed by atoms with van der Waals surface area (Å²) in [6.07, 6.45) is 12.0. The van der Waals surface area contributed by atoms with Crippen LogP contribution >= 0.6 is 0 Å². The molecule has 3 heteroatoms. The zero-order valence-corrected chi connectivity index (χ0v) is 28.7. The Labute approximate surface area is 259 Å². The van der Waals surface area contributed by atoms with Crippen molar-refractivity contribution >= 4 is 12.2 Å². The maximum atomic E-state index is 11.6. The Bertz CT molecular complexity index is 1070. The quantitative estimate of drug-likeness (QED) is 0.318. The second kappa shape index (κ2) is 23.4. The molecule has 1 amide bonds. The van der Waals surface area contributed by atoms with Crippen molar-refractivity contribution in [2.45, 2.75) is 107 Å². The first kappa shape index (κ1) is 40.9. The molecule has 4 unspecified atom stereocenters. The molecule has 0 fully saturated rings. The number of hydrogen-bond acceptors (Lipinski definition) is 2. The third kappa shape index (κ3) is 16.3. The minimum absolute atomic E-state index is 0.0159. The zero-order chi connectivity index (χ0) is 32.7. The Hall–Kier alpha value is -3.20. The van der Waals surface area contributed by atoms with Crippen LogP contribution in [-0.4, -0.2) is 12.2 Å². The van der Waals surface area contributed by atoms with Gasteiger partial charge in [0.05, 0.1) is 0 Å². The molecular formula is C39H61NO2. The maximum Gasteiger partial charge on any atom is 0.204 e. The highest BCUT2D eigenvalue weighted by Crippen LogP contribution is 2.37. The van der Waals surface area contributed by atoms with Crippen molar-refractivity contribution < 1.29 is 9.59 Å². The van der Waals surface area contributed by atoms with Gasteiger partial charge in [0.25, 0.3) is 0 Å². The van der Waals surface area contributed by atoms with Gasteiger partial charge in [0.15, 0.2) is 0 Å². The molecule has 0 aromatic heterocycles. The number of carbonyl (C=O) groups is 2. The summed E-state index contributed by atoms with van der Waals surface area (Å²) in [5.74, 6) is 1.36. The number of aryl methyl sites for hydroxylation is 2. The zero-order valence-electron chi connectivity index (χ0n) is 28.7. The van der Waals surface area contributed by atoms with Crippen LogP contribution in [0.3, 0.4) is 0 Å². The van der Waals surface area contributed by atoms with Crippen molar-refractivity contribution in [3.63, 3.8) is 0 Å². The molecule has 0 radical (unpaired) electrons. The summed E-state index contributed by atoms with van der Waals surface area (Å²) < 4.78 is 0. The van der Waals surface area contributed by atoms with E-state index >= 15 is 0 Å². The fourth-order valence-corrected chi connectivity index (χ4v) is 4.27. The third-order valence-electron chi connectivity index (χ3n) is 7.82. The number of benzene rings is 2. The molecule has 0 saturated heterocycles. The Morgan fingerprint density at radius 1 is 0.952 bits per heavy atom. The van der Waals surface area contributed by atoms with Gasteiger partial charge >= 0.3 is 0 Å². The van der Waals surface area contributed by atoms with Crippen molar-refractivity contribution in [1.29, 1.82) is 0 Å². The predicted molar refractivity (Wildman–Crippen MR) is 186 cm³/mol. The van der Waals surface area contributed by atoms with Gasteiger partial charge in [-0.05, 0) is 55.7 Å².